The summed E-state index contributed by atoms with van der Waals surface area (Å²) in [7, 11) is -4.57. The maximum atomic E-state index is 13.3. The Kier molecular flexibility index (Phi) is 11.2. The van der Waals surface area contributed by atoms with Crippen molar-refractivity contribution >= 4 is 33.5 Å². The van der Waals surface area contributed by atoms with E-state index < -0.39 is 62.8 Å². The lowest BCUT2D eigenvalue weighted by atomic mass is 9.98. The molecule has 0 aliphatic carbocycles. The summed E-state index contributed by atoms with van der Waals surface area (Å²) in [6, 6.07) is 15.2. The molecule has 2 amide bonds. The smallest absolute Gasteiger partial charge is 0.455 e. The highest BCUT2D eigenvalue weighted by atomic mass is 32.2. The van der Waals surface area contributed by atoms with Crippen LogP contribution in [0.3, 0.4) is 0 Å². The maximum absolute atomic E-state index is 13.3. The van der Waals surface area contributed by atoms with Crippen LogP contribution < -0.4 is 30.1 Å². The van der Waals surface area contributed by atoms with Gasteiger partial charge in [0.05, 0.1) is 22.8 Å². The van der Waals surface area contributed by atoms with Crippen LogP contribution in [0.25, 0.3) is 0 Å². The molecule has 16 heteroatoms. The van der Waals surface area contributed by atoms with Crippen LogP contribution in [0.1, 0.15) is 23.2 Å². The Balaban J connectivity index is 1.57. The Labute approximate surface area is 262 Å². The van der Waals surface area contributed by atoms with Gasteiger partial charge in [-0.05, 0) is 68.2 Å². The topological polar surface area (TPSA) is 172 Å². The zero-order valence-electron chi connectivity index (χ0n) is 24.2. The highest BCUT2D eigenvalue weighted by molar-refractivity contribution is 7.92. The second kappa shape index (κ2) is 15.1. The number of anilines is 1. The van der Waals surface area contributed by atoms with Gasteiger partial charge in [-0.3, -0.25) is 14.3 Å². The Bertz CT molecular complexity index is 1650. The van der Waals surface area contributed by atoms with Crippen molar-refractivity contribution < 1.29 is 50.6 Å². The van der Waals surface area contributed by atoms with E-state index in [9.17, 15) is 41.1 Å². The Morgan fingerprint density at radius 3 is 2.30 bits per heavy atom. The molecule has 46 heavy (non-hydrogen) atoms. The minimum atomic E-state index is -5.49. The van der Waals surface area contributed by atoms with E-state index in [4.69, 9.17) is 4.74 Å². The summed E-state index contributed by atoms with van der Waals surface area (Å²) < 4.78 is 78.4. The van der Waals surface area contributed by atoms with Crippen LogP contribution in [0.15, 0.2) is 77.7 Å². The average molecular weight is 665 g/mol. The number of carbonyl (C=O) groups excluding carboxylic acids is 3. The van der Waals surface area contributed by atoms with Crippen LogP contribution in [0, 0.1) is 5.92 Å². The molecule has 3 aromatic rings. The SMILES string of the molecule is O=C(N[C@@H](CO)C(=O)NCC1CCNCC1)c1ccc(S(=O)(=O)Nc2ccccc2Oc2ccccc2)cc1OC(=O)C(F)(F)F. The standard InChI is InChI=1S/C30H31F3N4O8S/c31-30(32,33)29(41)45-26-16-21(46(42,43)37-23-8-4-5-9-25(23)44-20-6-2-1-3-7-20)10-11-22(26)27(39)36-24(18-38)28(40)35-17-19-12-14-34-15-13-19/h1-11,16,19,24,34,37-38H,12-15,17-18H2,(H,35,40)(H,36,39)/t24-/m0/s1. The number of hydrogen-bond donors (Lipinski definition) is 5. The van der Waals surface area contributed by atoms with Gasteiger partial charge in [0.2, 0.25) is 5.91 Å². The van der Waals surface area contributed by atoms with E-state index in [1.807, 2.05) is 0 Å². The van der Waals surface area contributed by atoms with Gasteiger partial charge in [-0.1, -0.05) is 30.3 Å². The first-order chi connectivity index (χ1) is 21.9. The molecule has 1 aliphatic heterocycles. The number of aliphatic hydroxyl groups is 1. The van der Waals surface area contributed by atoms with Crippen LogP contribution in [0.2, 0.25) is 0 Å². The van der Waals surface area contributed by atoms with Gasteiger partial charge in [0.15, 0.2) is 5.75 Å². The second-order valence-electron chi connectivity index (χ2n) is 10.2. The molecule has 0 unspecified atom stereocenters. The van der Waals surface area contributed by atoms with Gasteiger partial charge in [0.25, 0.3) is 15.9 Å². The summed E-state index contributed by atoms with van der Waals surface area (Å²) >= 11 is 0. The number of alkyl halides is 3. The number of benzene rings is 3. The zero-order valence-corrected chi connectivity index (χ0v) is 25.0. The van der Waals surface area contributed by atoms with E-state index in [1.165, 1.54) is 18.2 Å². The van der Waals surface area contributed by atoms with Gasteiger partial charge in [0.1, 0.15) is 17.5 Å². The Hall–Kier alpha value is -4.67. The minimum Gasteiger partial charge on any atom is -0.455 e. The second-order valence-corrected chi connectivity index (χ2v) is 11.9. The van der Waals surface area contributed by atoms with Gasteiger partial charge in [-0.2, -0.15) is 13.2 Å². The number of hydrogen-bond acceptors (Lipinski definition) is 9. The van der Waals surface area contributed by atoms with E-state index in [0.29, 0.717) is 11.8 Å². The first-order valence-electron chi connectivity index (χ1n) is 14.1. The summed E-state index contributed by atoms with van der Waals surface area (Å²) in [6.45, 7) is 0.966. The summed E-state index contributed by atoms with van der Waals surface area (Å²) in [4.78, 5) is 36.8. The van der Waals surface area contributed by atoms with Crippen LogP contribution in [0.4, 0.5) is 18.9 Å². The third-order valence-corrected chi connectivity index (χ3v) is 8.24. The van der Waals surface area contributed by atoms with E-state index >= 15 is 0 Å². The molecule has 246 valence electrons. The normalized spacial score (nSPS) is 14.5. The van der Waals surface area contributed by atoms with Gasteiger partial charge >= 0.3 is 12.1 Å². The Morgan fingerprint density at radius 2 is 1.63 bits per heavy atom. The average Bonchev–Trinajstić information content (AvgIpc) is 3.03. The molecule has 0 spiro atoms. The van der Waals surface area contributed by atoms with Crippen LogP contribution in [-0.4, -0.2) is 69.8 Å². The lowest BCUT2D eigenvalue weighted by Crippen LogP contribution is -2.50. The molecule has 0 aromatic heterocycles. The van der Waals surface area contributed by atoms with Crippen molar-refractivity contribution in [2.45, 2.75) is 30.0 Å². The highest BCUT2D eigenvalue weighted by Gasteiger charge is 2.42. The van der Waals surface area contributed by atoms with Crippen LogP contribution in [0.5, 0.6) is 17.2 Å². The van der Waals surface area contributed by atoms with E-state index in [-0.39, 0.29) is 23.9 Å². The molecule has 3 aromatic carbocycles. The monoisotopic (exact) mass is 664 g/mol. The Morgan fingerprint density at radius 1 is 0.957 bits per heavy atom. The largest absolute Gasteiger partial charge is 0.491 e. The summed E-state index contributed by atoms with van der Waals surface area (Å²) in [6.07, 6.45) is -3.88. The van der Waals surface area contributed by atoms with Gasteiger partial charge in [-0.15, -0.1) is 0 Å². The number of amides is 2. The van der Waals surface area contributed by atoms with Crippen molar-refractivity contribution in [1.29, 1.82) is 0 Å². The number of para-hydroxylation sites is 3. The molecule has 1 heterocycles. The predicted molar refractivity (Wildman–Crippen MR) is 159 cm³/mol. The molecule has 1 saturated heterocycles. The first-order valence-corrected chi connectivity index (χ1v) is 15.5. The molecular weight excluding hydrogens is 633 g/mol. The number of aliphatic hydroxyl groups excluding tert-OH is 1. The number of esters is 1. The van der Waals surface area contributed by atoms with Crippen LogP contribution >= 0.6 is 0 Å². The van der Waals surface area contributed by atoms with Crippen molar-refractivity contribution in [2.24, 2.45) is 5.92 Å². The molecule has 12 nitrogen and oxygen atoms in total. The third kappa shape index (κ3) is 9.18. The molecule has 0 bridgehead atoms. The van der Waals surface area contributed by atoms with Gasteiger partial charge < -0.3 is 30.5 Å². The molecule has 5 N–H and O–H groups in total. The van der Waals surface area contributed by atoms with E-state index in [2.05, 4.69) is 25.4 Å². The number of rotatable bonds is 12. The van der Waals surface area contributed by atoms with Crippen molar-refractivity contribution in [3.05, 3.63) is 78.4 Å². The quantitative estimate of drug-likeness (QED) is 0.144. The van der Waals surface area contributed by atoms with Crippen molar-refractivity contribution in [3.8, 4) is 17.2 Å². The number of sulfonamides is 1. The molecule has 1 aliphatic rings. The zero-order chi connectivity index (χ0) is 33.3. The van der Waals surface area contributed by atoms with E-state index in [1.54, 1.807) is 36.4 Å². The van der Waals surface area contributed by atoms with Crippen LogP contribution in [-0.2, 0) is 19.6 Å². The molecule has 1 fully saturated rings. The number of halogens is 3. The lowest BCUT2D eigenvalue weighted by molar-refractivity contribution is -0.189. The third-order valence-electron chi connectivity index (χ3n) is 6.87. The van der Waals surface area contributed by atoms with Gasteiger partial charge in [0, 0.05) is 12.6 Å². The van der Waals surface area contributed by atoms with E-state index in [0.717, 1.165) is 38.1 Å². The fourth-order valence-corrected chi connectivity index (χ4v) is 5.53. The number of piperidine rings is 1. The molecular formula is C30H31F3N4O8S. The first kappa shape index (κ1) is 34.2. The lowest BCUT2D eigenvalue weighted by Gasteiger charge is -2.24. The van der Waals surface area contributed by atoms with Gasteiger partial charge in [-0.25, -0.2) is 13.2 Å². The highest BCUT2D eigenvalue weighted by Crippen LogP contribution is 2.32. The summed E-state index contributed by atoms with van der Waals surface area (Å²) in [5.74, 6) is -5.05. The van der Waals surface area contributed by atoms with Crippen molar-refractivity contribution in [2.75, 3.05) is 31.0 Å². The minimum absolute atomic E-state index is 0.0247. The molecule has 0 saturated carbocycles. The summed E-state index contributed by atoms with van der Waals surface area (Å²) in [5, 5.41) is 17.7. The number of ether oxygens (including phenoxy) is 2. The summed E-state index contributed by atoms with van der Waals surface area (Å²) in [5.41, 5.74) is -0.725. The molecule has 0 radical (unpaired) electrons. The molecule has 4 rings (SSSR count). The predicted octanol–water partition coefficient (Wildman–Crippen LogP) is 2.95. The molecule has 1 atom stereocenters. The number of nitrogens with one attached hydrogen (secondary N) is 4. The van der Waals surface area contributed by atoms with Crippen molar-refractivity contribution in [1.82, 2.24) is 16.0 Å². The fourth-order valence-electron chi connectivity index (χ4n) is 4.44. The fraction of sp³-hybridized carbons (Fsp3) is 0.300. The number of carbonyl (C=O) groups is 3. The van der Waals surface area contributed by atoms with Crippen molar-refractivity contribution in [3.63, 3.8) is 0 Å². The maximum Gasteiger partial charge on any atom is 0.491 e.